The van der Waals surface area contributed by atoms with E-state index in [4.69, 9.17) is 14.0 Å². The molecule has 174 valence electrons. The van der Waals surface area contributed by atoms with Crippen LogP contribution in [0.3, 0.4) is 0 Å². The molecule has 2 atom stereocenters. The van der Waals surface area contributed by atoms with Gasteiger partial charge in [0.25, 0.3) is 0 Å². The van der Waals surface area contributed by atoms with Crippen molar-refractivity contribution in [2.24, 2.45) is 5.92 Å². The van der Waals surface area contributed by atoms with E-state index in [0.717, 1.165) is 24.9 Å². The summed E-state index contributed by atoms with van der Waals surface area (Å²) in [5.41, 5.74) is 0.924. The molecule has 8 nitrogen and oxygen atoms in total. The van der Waals surface area contributed by atoms with Gasteiger partial charge in [0, 0.05) is 12.1 Å². The minimum Gasteiger partial charge on any atom is -0.493 e. The van der Waals surface area contributed by atoms with Crippen LogP contribution in [0.15, 0.2) is 59.1 Å². The first-order valence-electron chi connectivity index (χ1n) is 11.3. The summed E-state index contributed by atoms with van der Waals surface area (Å²) < 4.78 is 16.6. The van der Waals surface area contributed by atoms with Crippen LogP contribution >= 0.6 is 0 Å². The quantitative estimate of drug-likeness (QED) is 0.533. The lowest BCUT2D eigenvalue weighted by molar-refractivity contribution is -0.127. The van der Waals surface area contributed by atoms with E-state index in [1.165, 1.54) is 0 Å². The molecule has 1 aliphatic rings. The molecule has 4 rings (SSSR count). The fourth-order valence-electron chi connectivity index (χ4n) is 3.98. The first-order chi connectivity index (χ1) is 16.1. The van der Waals surface area contributed by atoms with E-state index in [1.54, 1.807) is 7.11 Å². The van der Waals surface area contributed by atoms with Crippen LogP contribution in [0, 0.1) is 5.92 Å². The Balaban J connectivity index is 1.26. The van der Waals surface area contributed by atoms with Gasteiger partial charge in [0.1, 0.15) is 6.61 Å². The monoisotopic (exact) mass is 450 g/mol. The number of amides is 1. The molecular formula is C25H30N4O4. The van der Waals surface area contributed by atoms with Crippen LogP contribution in [0.1, 0.15) is 25.7 Å². The molecule has 1 aliphatic heterocycles. The Hall–Kier alpha value is -3.39. The standard InChI is InChI=1S/C25H30N4O4/c1-18(17-32-22-13-7-6-12-21(22)31-2)26-25(30)20-11-8-14-29(15-20)16-23-27-24(28-33-23)19-9-4-3-5-10-19/h3-7,9-10,12-13,18,20H,8,11,14-17H2,1-2H3,(H,26,30). The van der Waals surface area contributed by atoms with Crippen molar-refractivity contribution in [1.82, 2.24) is 20.4 Å². The predicted octanol–water partition coefficient (Wildman–Crippen LogP) is 3.54. The topological polar surface area (TPSA) is 89.7 Å². The highest BCUT2D eigenvalue weighted by Gasteiger charge is 2.27. The van der Waals surface area contributed by atoms with Crippen LogP contribution in [0.5, 0.6) is 11.5 Å². The highest BCUT2D eigenvalue weighted by molar-refractivity contribution is 5.79. The van der Waals surface area contributed by atoms with Crippen LogP contribution in [0.4, 0.5) is 0 Å². The Labute approximate surface area is 193 Å². The van der Waals surface area contributed by atoms with Crippen molar-refractivity contribution in [2.75, 3.05) is 26.8 Å². The average molecular weight is 451 g/mol. The molecule has 1 aromatic heterocycles. The summed E-state index contributed by atoms with van der Waals surface area (Å²) in [6.07, 6.45) is 1.81. The molecular weight excluding hydrogens is 420 g/mol. The number of hydrogen-bond acceptors (Lipinski definition) is 7. The molecule has 1 N–H and O–H groups in total. The maximum Gasteiger partial charge on any atom is 0.241 e. The van der Waals surface area contributed by atoms with E-state index < -0.39 is 0 Å². The zero-order valence-electron chi connectivity index (χ0n) is 19.1. The second kappa shape index (κ2) is 11.0. The first kappa shape index (κ1) is 22.8. The minimum absolute atomic E-state index is 0.0475. The average Bonchev–Trinajstić information content (AvgIpc) is 3.32. The van der Waals surface area contributed by atoms with Gasteiger partial charge in [-0.1, -0.05) is 47.6 Å². The normalized spacial score (nSPS) is 17.3. The SMILES string of the molecule is COc1ccccc1OCC(C)NC(=O)C1CCCN(Cc2nc(-c3ccccc3)no2)C1. The van der Waals surface area contributed by atoms with Gasteiger partial charge in [0.05, 0.1) is 25.6 Å². The number of methoxy groups -OCH3 is 1. The zero-order chi connectivity index (χ0) is 23.0. The summed E-state index contributed by atoms with van der Waals surface area (Å²) in [5, 5.41) is 7.17. The van der Waals surface area contributed by atoms with E-state index in [1.807, 2.05) is 61.5 Å². The summed E-state index contributed by atoms with van der Waals surface area (Å²) >= 11 is 0. The number of nitrogens with zero attached hydrogens (tertiary/aromatic N) is 3. The van der Waals surface area contributed by atoms with Gasteiger partial charge in [-0.3, -0.25) is 9.69 Å². The summed E-state index contributed by atoms with van der Waals surface area (Å²) in [7, 11) is 1.61. The Bertz CT molecular complexity index is 1040. The smallest absolute Gasteiger partial charge is 0.241 e. The number of nitrogens with one attached hydrogen (secondary N) is 1. The molecule has 2 unspecified atom stereocenters. The van der Waals surface area contributed by atoms with Gasteiger partial charge >= 0.3 is 0 Å². The number of hydrogen-bond donors (Lipinski definition) is 1. The van der Waals surface area contributed by atoms with Crippen LogP contribution in [0.2, 0.25) is 0 Å². The molecule has 1 amide bonds. The summed E-state index contributed by atoms with van der Waals surface area (Å²) in [5.74, 6) is 2.46. The lowest BCUT2D eigenvalue weighted by Crippen LogP contribution is -2.46. The number of likely N-dealkylation sites (tertiary alicyclic amines) is 1. The van der Waals surface area contributed by atoms with Crippen LogP contribution in [-0.4, -0.2) is 53.8 Å². The molecule has 2 heterocycles. The molecule has 1 fully saturated rings. The van der Waals surface area contributed by atoms with Crippen molar-refractivity contribution < 1.29 is 18.8 Å². The fourth-order valence-corrected chi connectivity index (χ4v) is 3.98. The third kappa shape index (κ3) is 6.10. The van der Waals surface area contributed by atoms with Crippen molar-refractivity contribution in [3.63, 3.8) is 0 Å². The maximum atomic E-state index is 12.9. The summed E-state index contributed by atoms with van der Waals surface area (Å²) in [4.78, 5) is 19.6. The molecule has 3 aromatic rings. The van der Waals surface area contributed by atoms with Gasteiger partial charge in [0.2, 0.25) is 17.6 Å². The van der Waals surface area contributed by atoms with E-state index in [2.05, 4.69) is 20.4 Å². The summed E-state index contributed by atoms with van der Waals surface area (Å²) in [6, 6.07) is 17.1. The molecule has 0 saturated carbocycles. The third-order valence-electron chi connectivity index (χ3n) is 5.68. The lowest BCUT2D eigenvalue weighted by atomic mass is 9.97. The number of rotatable bonds is 9. The Kier molecular flexibility index (Phi) is 7.57. The van der Waals surface area contributed by atoms with Crippen molar-refractivity contribution in [3.05, 3.63) is 60.5 Å². The molecule has 0 aliphatic carbocycles. The van der Waals surface area contributed by atoms with Gasteiger partial charge in [-0.25, -0.2) is 0 Å². The van der Waals surface area contributed by atoms with Crippen LogP contribution < -0.4 is 14.8 Å². The van der Waals surface area contributed by atoms with Gasteiger partial charge in [-0.05, 0) is 38.4 Å². The Morgan fingerprint density at radius 1 is 1.18 bits per heavy atom. The highest BCUT2D eigenvalue weighted by Crippen LogP contribution is 2.26. The first-order valence-corrected chi connectivity index (χ1v) is 11.3. The Morgan fingerprint density at radius 3 is 2.73 bits per heavy atom. The second-order valence-corrected chi connectivity index (χ2v) is 8.32. The number of aromatic nitrogens is 2. The number of carbonyl (C=O) groups is 1. The number of para-hydroxylation sites is 2. The molecule has 1 saturated heterocycles. The van der Waals surface area contributed by atoms with Crippen molar-refractivity contribution in [3.8, 4) is 22.9 Å². The lowest BCUT2D eigenvalue weighted by Gasteiger charge is -2.31. The van der Waals surface area contributed by atoms with Crippen molar-refractivity contribution in [1.29, 1.82) is 0 Å². The third-order valence-corrected chi connectivity index (χ3v) is 5.68. The highest BCUT2D eigenvalue weighted by atomic mass is 16.5. The van der Waals surface area contributed by atoms with Crippen LogP contribution in [0.25, 0.3) is 11.4 Å². The largest absolute Gasteiger partial charge is 0.493 e. The zero-order valence-corrected chi connectivity index (χ0v) is 19.1. The summed E-state index contributed by atoms with van der Waals surface area (Å²) in [6.45, 7) is 4.41. The second-order valence-electron chi connectivity index (χ2n) is 8.32. The molecule has 0 bridgehead atoms. The maximum absolute atomic E-state index is 12.9. The number of benzene rings is 2. The molecule has 0 radical (unpaired) electrons. The van der Waals surface area contributed by atoms with Gasteiger partial charge in [-0.2, -0.15) is 4.98 Å². The molecule has 8 heteroatoms. The van der Waals surface area contributed by atoms with Crippen LogP contribution in [-0.2, 0) is 11.3 Å². The van der Waals surface area contributed by atoms with Gasteiger partial charge in [-0.15, -0.1) is 0 Å². The predicted molar refractivity (Wildman–Crippen MR) is 124 cm³/mol. The van der Waals surface area contributed by atoms with Crippen molar-refractivity contribution in [2.45, 2.75) is 32.4 Å². The van der Waals surface area contributed by atoms with Gasteiger partial charge in [0.15, 0.2) is 11.5 Å². The van der Waals surface area contributed by atoms with Gasteiger partial charge < -0.3 is 19.3 Å². The van der Waals surface area contributed by atoms with E-state index in [-0.39, 0.29) is 17.9 Å². The number of ether oxygens (including phenoxy) is 2. The molecule has 0 spiro atoms. The molecule has 2 aromatic carbocycles. The molecule has 33 heavy (non-hydrogen) atoms. The number of carbonyl (C=O) groups excluding carboxylic acids is 1. The van der Waals surface area contributed by atoms with E-state index in [0.29, 0.717) is 42.9 Å². The van der Waals surface area contributed by atoms with E-state index in [9.17, 15) is 4.79 Å². The minimum atomic E-state index is -0.123. The Morgan fingerprint density at radius 2 is 1.94 bits per heavy atom. The number of piperidine rings is 1. The fraction of sp³-hybridized carbons (Fsp3) is 0.400. The van der Waals surface area contributed by atoms with E-state index >= 15 is 0 Å². The van der Waals surface area contributed by atoms with Crippen molar-refractivity contribution >= 4 is 5.91 Å².